The van der Waals surface area contributed by atoms with Gasteiger partial charge in [-0.2, -0.15) is 13.2 Å². The molecule has 0 saturated heterocycles. The van der Waals surface area contributed by atoms with Crippen LogP contribution < -0.4 is 16.2 Å². The minimum Gasteiger partial charge on any atom is -0.478 e. The number of carboxylic acid groups (broad SMARTS) is 1. The predicted molar refractivity (Wildman–Crippen MR) is 156 cm³/mol. The number of carboxylic acids is 1. The number of hydrogen-bond donors (Lipinski definition) is 3. The van der Waals surface area contributed by atoms with Gasteiger partial charge in [0.25, 0.3) is 11.3 Å². The predicted octanol–water partition coefficient (Wildman–Crippen LogP) is 4.82. The number of halogens is 3. The van der Waals surface area contributed by atoms with E-state index in [2.05, 4.69) is 10.6 Å². The second kappa shape index (κ2) is 14.2. The van der Waals surface area contributed by atoms with Crippen LogP contribution in [0.25, 0.3) is 11.3 Å². The standard InChI is InChI=1S/C32H26F3N3O7/c33-32(34,35)28(40)25(17-20-8-3-1-4-9-20)36-27(39)18-38-26(22-11-5-2-6-12-22)15-14-24(29(38)41)37-31(44)45-19-21-10-7-13-23(16-21)30(42)43/h1-16,25H,17-19H2,(H,36,39)(H,37,44)(H,42,43). The first-order chi connectivity index (χ1) is 21.4. The number of ether oxygens (including phenoxy) is 1. The molecule has 0 saturated carbocycles. The molecule has 1 heterocycles. The summed E-state index contributed by atoms with van der Waals surface area (Å²) >= 11 is 0. The van der Waals surface area contributed by atoms with Gasteiger partial charge in [0.15, 0.2) is 0 Å². The van der Waals surface area contributed by atoms with E-state index in [1.165, 1.54) is 48.5 Å². The lowest BCUT2D eigenvalue weighted by Crippen LogP contribution is -2.49. The molecule has 13 heteroatoms. The van der Waals surface area contributed by atoms with Crippen LogP contribution in [0.3, 0.4) is 0 Å². The first-order valence-electron chi connectivity index (χ1n) is 13.4. The number of ketones is 1. The van der Waals surface area contributed by atoms with Crippen LogP contribution in [-0.4, -0.2) is 45.6 Å². The van der Waals surface area contributed by atoms with Gasteiger partial charge in [-0.15, -0.1) is 0 Å². The Labute approximate surface area is 254 Å². The fraction of sp³-hybridized carbons (Fsp3) is 0.156. The molecule has 3 aromatic carbocycles. The number of carbonyl (C=O) groups excluding carboxylic acids is 3. The maximum absolute atomic E-state index is 13.5. The summed E-state index contributed by atoms with van der Waals surface area (Å²) < 4.78 is 46.2. The number of hydrogen-bond acceptors (Lipinski definition) is 6. The molecule has 1 aromatic heterocycles. The molecule has 2 amide bonds. The number of nitrogens with zero attached hydrogens (tertiary/aromatic N) is 1. The summed E-state index contributed by atoms with van der Waals surface area (Å²) in [7, 11) is 0. The van der Waals surface area contributed by atoms with E-state index in [1.807, 2.05) is 0 Å². The third-order valence-electron chi connectivity index (χ3n) is 6.54. The van der Waals surface area contributed by atoms with Crippen LogP contribution in [0.4, 0.5) is 23.7 Å². The van der Waals surface area contributed by atoms with Gasteiger partial charge in [-0.05, 0) is 41.0 Å². The fourth-order valence-electron chi connectivity index (χ4n) is 4.42. The number of aromatic carboxylic acids is 1. The van der Waals surface area contributed by atoms with Crippen LogP contribution in [-0.2, 0) is 33.9 Å². The largest absolute Gasteiger partial charge is 0.478 e. The van der Waals surface area contributed by atoms with Crippen molar-refractivity contribution < 1.29 is 42.2 Å². The van der Waals surface area contributed by atoms with E-state index < -0.39 is 54.5 Å². The Bertz CT molecular complexity index is 1760. The molecule has 4 aromatic rings. The van der Waals surface area contributed by atoms with E-state index >= 15 is 0 Å². The van der Waals surface area contributed by atoms with Crippen molar-refractivity contribution in [2.24, 2.45) is 0 Å². The highest BCUT2D eigenvalue weighted by molar-refractivity contribution is 5.93. The van der Waals surface area contributed by atoms with Gasteiger partial charge in [0.2, 0.25) is 5.91 Å². The van der Waals surface area contributed by atoms with Crippen LogP contribution in [0.2, 0.25) is 0 Å². The minimum absolute atomic E-state index is 0.0166. The number of pyridine rings is 1. The van der Waals surface area contributed by atoms with E-state index in [0.717, 1.165) is 4.57 Å². The topological polar surface area (TPSA) is 144 Å². The number of benzene rings is 3. The van der Waals surface area contributed by atoms with Gasteiger partial charge in [0.05, 0.1) is 11.3 Å². The molecule has 3 N–H and O–H groups in total. The minimum atomic E-state index is -5.22. The zero-order chi connectivity index (χ0) is 32.6. The van der Waals surface area contributed by atoms with E-state index in [4.69, 9.17) is 9.84 Å². The molecule has 232 valence electrons. The monoisotopic (exact) mass is 621 g/mol. The molecule has 10 nitrogen and oxygen atoms in total. The van der Waals surface area contributed by atoms with Gasteiger partial charge in [0.1, 0.15) is 24.9 Å². The zero-order valence-electron chi connectivity index (χ0n) is 23.4. The van der Waals surface area contributed by atoms with Crippen molar-refractivity contribution in [2.45, 2.75) is 31.8 Å². The first kappa shape index (κ1) is 32.2. The van der Waals surface area contributed by atoms with Gasteiger partial charge >= 0.3 is 18.2 Å². The summed E-state index contributed by atoms with van der Waals surface area (Å²) in [4.78, 5) is 62.5. The SMILES string of the molecule is O=C(Cn1c(-c2ccccc2)ccc(NC(=O)OCc2cccc(C(=O)O)c2)c1=O)NC(Cc1ccccc1)C(=O)C(F)(F)F. The maximum Gasteiger partial charge on any atom is 0.452 e. The Balaban J connectivity index is 1.57. The number of rotatable bonds is 11. The highest BCUT2D eigenvalue weighted by Crippen LogP contribution is 2.22. The van der Waals surface area contributed by atoms with Crippen LogP contribution in [0, 0.1) is 0 Å². The van der Waals surface area contributed by atoms with Crippen LogP contribution in [0.1, 0.15) is 21.5 Å². The Morgan fingerprint density at radius 2 is 1.49 bits per heavy atom. The van der Waals surface area contributed by atoms with Crippen molar-refractivity contribution in [1.29, 1.82) is 0 Å². The van der Waals surface area contributed by atoms with Gasteiger partial charge in [0, 0.05) is 6.42 Å². The Hall–Kier alpha value is -5.72. The molecule has 1 unspecified atom stereocenters. The molecule has 0 aliphatic heterocycles. The molecule has 1 atom stereocenters. The molecule has 45 heavy (non-hydrogen) atoms. The number of carbonyl (C=O) groups is 4. The molecule has 0 radical (unpaired) electrons. The number of nitrogens with one attached hydrogen (secondary N) is 2. The first-order valence-corrected chi connectivity index (χ1v) is 13.4. The molecule has 0 aliphatic rings. The number of alkyl halides is 3. The van der Waals surface area contributed by atoms with Crippen LogP contribution in [0.5, 0.6) is 0 Å². The van der Waals surface area contributed by atoms with Gasteiger partial charge in [-0.1, -0.05) is 72.8 Å². The van der Waals surface area contributed by atoms with Crippen molar-refractivity contribution in [1.82, 2.24) is 9.88 Å². The summed E-state index contributed by atoms with van der Waals surface area (Å²) in [6.45, 7) is -1.10. The van der Waals surface area contributed by atoms with Crippen LogP contribution in [0.15, 0.2) is 102 Å². The second-order valence-electron chi connectivity index (χ2n) is 9.77. The summed E-state index contributed by atoms with van der Waals surface area (Å²) in [6, 6.07) is 22.6. The van der Waals surface area contributed by atoms with Crippen molar-refractivity contribution >= 4 is 29.4 Å². The third-order valence-corrected chi connectivity index (χ3v) is 6.54. The maximum atomic E-state index is 13.5. The van der Waals surface area contributed by atoms with Crippen LogP contribution >= 0.6 is 0 Å². The summed E-state index contributed by atoms with van der Waals surface area (Å²) in [5.41, 5.74) is 0.247. The fourth-order valence-corrected chi connectivity index (χ4v) is 4.42. The van der Waals surface area contributed by atoms with Crippen molar-refractivity contribution in [2.75, 3.05) is 5.32 Å². The molecule has 0 bridgehead atoms. The number of anilines is 1. The lowest BCUT2D eigenvalue weighted by atomic mass is 10.0. The molecule has 4 rings (SSSR count). The van der Waals surface area contributed by atoms with E-state index in [1.54, 1.807) is 48.5 Å². The van der Waals surface area contributed by atoms with Gasteiger partial charge in [-0.3, -0.25) is 24.3 Å². The van der Waals surface area contributed by atoms with Crippen molar-refractivity contribution in [3.05, 3.63) is 124 Å². The van der Waals surface area contributed by atoms with Crippen molar-refractivity contribution in [3.8, 4) is 11.3 Å². The zero-order valence-corrected chi connectivity index (χ0v) is 23.4. The average molecular weight is 622 g/mol. The van der Waals surface area contributed by atoms with Crippen molar-refractivity contribution in [3.63, 3.8) is 0 Å². The second-order valence-corrected chi connectivity index (χ2v) is 9.77. The molecule has 0 spiro atoms. The molecular weight excluding hydrogens is 595 g/mol. The lowest BCUT2D eigenvalue weighted by Gasteiger charge is -2.21. The summed E-state index contributed by atoms with van der Waals surface area (Å²) in [5, 5.41) is 13.5. The normalized spacial score (nSPS) is 11.7. The number of amides is 2. The van der Waals surface area contributed by atoms with E-state index in [0.29, 0.717) is 16.7 Å². The Kier molecular flexibility index (Phi) is 10.1. The molecular formula is C32H26F3N3O7. The Morgan fingerprint density at radius 3 is 2.13 bits per heavy atom. The summed E-state index contributed by atoms with van der Waals surface area (Å²) in [6.07, 6.45) is -6.72. The smallest absolute Gasteiger partial charge is 0.452 e. The number of aromatic nitrogens is 1. The van der Waals surface area contributed by atoms with E-state index in [-0.39, 0.29) is 23.6 Å². The average Bonchev–Trinajstić information content (AvgIpc) is 3.02. The lowest BCUT2D eigenvalue weighted by molar-refractivity contribution is -0.173. The quantitative estimate of drug-likeness (QED) is 0.218. The van der Waals surface area contributed by atoms with Gasteiger partial charge in [-0.25, -0.2) is 9.59 Å². The Morgan fingerprint density at radius 1 is 0.844 bits per heavy atom. The highest BCUT2D eigenvalue weighted by Gasteiger charge is 2.44. The third kappa shape index (κ3) is 8.66. The summed E-state index contributed by atoms with van der Waals surface area (Å²) in [5.74, 6) is -4.37. The van der Waals surface area contributed by atoms with Gasteiger partial charge < -0.3 is 15.2 Å². The highest BCUT2D eigenvalue weighted by atomic mass is 19.4. The molecule has 0 fully saturated rings. The molecule has 0 aliphatic carbocycles. The van der Waals surface area contributed by atoms with E-state index in [9.17, 15) is 37.1 Å². The number of Topliss-reactive ketones (excluding diaryl/α,β-unsaturated/α-hetero) is 1.